The van der Waals surface area contributed by atoms with Crippen molar-refractivity contribution in [2.24, 2.45) is 4.99 Å². The van der Waals surface area contributed by atoms with Crippen LogP contribution in [-0.2, 0) is 6.42 Å². The zero-order valence-electron chi connectivity index (χ0n) is 15.7. The number of hydrogen-bond donors (Lipinski definition) is 3. The first-order valence-corrected chi connectivity index (χ1v) is 9.88. The summed E-state index contributed by atoms with van der Waals surface area (Å²) in [7, 11) is 1.65. The van der Waals surface area contributed by atoms with Gasteiger partial charge in [-0.25, -0.2) is 0 Å². The van der Waals surface area contributed by atoms with Crippen molar-refractivity contribution < 1.29 is 4.79 Å². The molecule has 1 amide bonds. The van der Waals surface area contributed by atoms with Crippen molar-refractivity contribution in [1.82, 2.24) is 16.0 Å². The minimum Gasteiger partial charge on any atom is -0.357 e. The van der Waals surface area contributed by atoms with E-state index >= 15 is 0 Å². The predicted molar refractivity (Wildman–Crippen MR) is 110 cm³/mol. The quantitative estimate of drug-likeness (QED) is 0.493. The van der Waals surface area contributed by atoms with Gasteiger partial charge in [-0.2, -0.15) is 0 Å². The van der Waals surface area contributed by atoms with E-state index in [0.29, 0.717) is 11.5 Å². The van der Waals surface area contributed by atoms with Crippen molar-refractivity contribution in [1.29, 1.82) is 0 Å². The van der Waals surface area contributed by atoms with Gasteiger partial charge in [-0.3, -0.25) is 9.79 Å². The summed E-state index contributed by atoms with van der Waals surface area (Å²) in [4.78, 5) is 17.8. The summed E-state index contributed by atoms with van der Waals surface area (Å²) >= 11 is 1.77. The molecule has 0 radical (unpaired) electrons. The molecule has 140 valence electrons. The highest BCUT2D eigenvalue weighted by Crippen LogP contribution is 2.20. The molecule has 1 unspecified atom stereocenters. The van der Waals surface area contributed by atoms with Crippen LogP contribution in [-0.4, -0.2) is 38.5 Å². The molecule has 5 nitrogen and oxygen atoms in total. The van der Waals surface area contributed by atoms with E-state index in [1.165, 1.54) is 4.88 Å². The van der Waals surface area contributed by atoms with Gasteiger partial charge in [0.2, 0.25) is 0 Å². The van der Waals surface area contributed by atoms with Crippen LogP contribution in [0.3, 0.4) is 0 Å². The van der Waals surface area contributed by atoms with Crippen molar-refractivity contribution in [3.05, 3.63) is 57.8 Å². The third-order valence-electron chi connectivity index (χ3n) is 4.02. The van der Waals surface area contributed by atoms with E-state index < -0.39 is 0 Å². The Morgan fingerprint density at radius 1 is 1.23 bits per heavy atom. The van der Waals surface area contributed by atoms with E-state index in [2.05, 4.69) is 47.3 Å². The number of carbonyl (C=O) groups excluding carboxylic acids is 1. The Hall–Kier alpha value is -2.34. The zero-order valence-corrected chi connectivity index (χ0v) is 16.5. The van der Waals surface area contributed by atoms with Crippen LogP contribution in [0.25, 0.3) is 0 Å². The fourth-order valence-corrected chi connectivity index (χ4v) is 3.35. The molecule has 0 saturated carbocycles. The summed E-state index contributed by atoms with van der Waals surface area (Å²) in [6, 6.07) is 12.0. The number of hydrogen-bond acceptors (Lipinski definition) is 3. The first kappa shape index (κ1) is 20.0. The Balaban J connectivity index is 1.88. The van der Waals surface area contributed by atoms with E-state index in [9.17, 15) is 4.79 Å². The maximum atomic E-state index is 11.7. The summed E-state index contributed by atoms with van der Waals surface area (Å²) < 4.78 is 0. The molecule has 6 heteroatoms. The maximum absolute atomic E-state index is 11.7. The number of amides is 1. The molecule has 2 aromatic rings. The van der Waals surface area contributed by atoms with Crippen molar-refractivity contribution >= 4 is 23.2 Å². The average Bonchev–Trinajstić information content (AvgIpc) is 3.20. The van der Waals surface area contributed by atoms with Crippen molar-refractivity contribution in [3.8, 4) is 0 Å². The molecule has 1 aromatic heterocycles. The Labute approximate surface area is 159 Å². The number of aliphatic imine (C=N–C) groups is 1. The molecule has 0 aliphatic carbocycles. The number of guanidine groups is 1. The molecule has 26 heavy (non-hydrogen) atoms. The third-order valence-corrected chi connectivity index (χ3v) is 5.12. The SMILES string of the molecule is CCNC(=NCC(C)c1cccs1)NCCc1cccc(C(=O)NC)c1. The smallest absolute Gasteiger partial charge is 0.251 e. The van der Waals surface area contributed by atoms with Crippen LogP contribution in [0.15, 0.2) is 46.8 Å². The fourth-order valence-electron chi connectivity index (χ4n) is 2.57. The first-order chi connectivity index (χ1) is 12.6. The van der Waals surface area contributed by atoms with Crippen LogP contribution in [0.2, 0.25) is 0 Å². The van der Waals surface area contributed by atoms with Gasteiger partial charge in [-0.1, -0.05) is 25.1 Å². The normalized spacial score (nSPS) is 12.5. The second-order valence-corrected chi connectivity index (χ2v) is 7.07. The van der Waals surface area contributed by atoms with E-state index in [-0.39, 0.29) is 5.91 Å². The molecule has 0 saturated heterocycles. The number of nitrogens with zero attached hydrogens (tertiary/aromatic N) is 1. The lowest BCUT2D eigenvalue weighted by Crippen LogP contribution is -2.38. The molecule has 0 aliphatic rings. The molecule has 0 bridgehead atoms. The van der Waals surface area contributed by atoms with Crippen LogP contribution < -0.4 is 16.0 Å². The van der Waals surface area contributed by atoms with Crippen LogP contribution in [0.4, 0.5) is 0 Å². The number of rotatable bonds is 8. The van der Waals surface area contributed by atoms with Gasteiger partial charge in [0.25, 0.3) is 5.91 Å². The average molecular weight is 373 g/mol. The standard InChI is InChI=1S/C20H28N4OS/c1-4-22-20(24-14-15(2)18-9-6-12-26-18)23-11-10-16-7-5-8-17(13-16)19(25)21-3/h5-9,12-13,15H,4,10-11,14H2,1-3H3,(H,21,25)(H2,22,23,24). The fraction of sp³-hybridized carbons (Fsp3) is 0.400. The van der Waals surface area contributed by atoms with Gasteiger partial charge >= 0.3 is 0 Å². The Morgan fingerprint density at radius 3 is 2.77 bits per heavy atom. The Kier molecular flexibility index (Phi) is 8.15. The number of benzene rings is 1. The van der Waals surface area contributed by atoms with E-state index in [1.54, 1.807) is 18.4 Å². The van der Waals surface area contributed by atoms with E-state index in [0.717, 1.165) is 37.6 Å². The molecule has 1 aromatic carbocycles. The molecular weight excluding hydrogens is 344 g/mol. The minimum absolute atomic E-state index is 0.0581. The van der Waals surface area contributed by atoms with Gasteiger partial charge in [0.1, 0.15) is 0 Å². The van der Waals surface area contributed by atoms with Crippen molar-refractivity contribution in [3.63, 3.8) is 0 Å². The minimum atomic E-state index is -0.0581. The maximum Gasteiger partial charge on any atom is 0.251 e. The Morgan fingerprint density at radius 2 is 2.08 bits per heavy atom. The first-order valence-electron chi connectivity index (χ1n) is 9.00. The van der Waals surface area contributed by atoms with Crippen LogP contribution in [0, 0.1) is 0 Å². The third kappa shape index (κ3) is 6.19. The highest BCUT2D eigenvalue weighted by Gasteiger charge is 2.07. The van der Waals surface area contributed by atoms with E-state index in [4.69, 9.17) is 4.99 Å². The second-order valence-electron chi connectivity index (χ2n) is 6.09. The van der Waals surface area contributed by atoms with E-state index in [1.807, 2.05) is 24.3 Å². The zero-order chi connectivity index (χ0) is 18.8. The van der Waals surface area contributed by atoms with Gasteiger partial charge in [-0.15, -0.1) is 11.3 Å². The van der Waals surface area contributed by atoms with Gasteiger partial charge in [0.15, 0.2) is 5.96 Å². The van der Waals surface area contributed by atoms with Gasteiger partial charge in [0.05, 0.1) is 6.54 Å². The summed E-state index contributed by atoms with van der Waals surface area (Å²) in [6.45, 7) is 6.60. The van der Waals surface area contributed by atoms with Gasteiger partial charge < -0.3 is 16.0 Å². The monoisotopic (exact) mass is 372 g/mol. The lowest BCUT2D eigenvalue weighted by molar-refractivity contribution is 0.0963. The largest absolute Gasteiger partial charge is 0.357 e. The topological polar surface area (TPSA) is 65.5 Å². The van der Waals surface area contributed by atoms with Crippen molar-refractivity contribution in [2.75, 3.05) is 26.7 Å². The summed E-state index contributed by atoms with van der Waals surface area (Å²) in [6.07, 6.45) is 0.829. The number of thiophene rings is 1. The lowest BCUT2D eigenvalue weighted by Gasteiger charge is -2.13. The molecule has 0 aliphatic heterocycles. The highest BCUT2D eigenvalue weighted by molar-refractivity contribution is 7.10. The highest BCUT2D eigenvalue weighted by atomic mass is 32.1. The van der Waals surface area contributed by atoms with Crippen LogP contribution in [0.1, 0.15) is 40.6 Å². The predicted octanol–water partition coefficient (Wildman–Crippen LogP) is 3.01. The Bertz CT molecular complexity index is 712. The summed E-state index contributed by atoms with van der Waals surface area (Å²) in [5, 5.41) is 11.4. The van der Waals surface area contributed by atoms with Crippen LogP contribution in [0.5, 0.6) is 0 Å². The molecule has 0 spiro atoms. The van der Waals surface area contributed by atoms with Crippen molar-refractivity contribution in [2.45, 2.75) is 26.2 Å². The molecule has 1 heterocycles. The molecular formula is C20H28N4OS. The second kappa shape index (κ2) is 10.6. The van der Waals surface area contributed by atoms with Gasteiger partial charge in [-0.05, 0) is 42.5 Å². The molecule has 3 N–H and O–H groups in total. The summed E-state index contributed by atoms with van der Waals surface area (Å²) in [5.74, 6) is 1.19. The molecule has 0 fully saturated rings. The number of carbonyl (C=O) groups is 1. The summed E-state index contributed by atoms with van der Waals surface area (Å²) in [5.41, 5.74) is 1.82. The van der Waals surface area contributed by atoms with Crippen LogP contribution >= 0.6 is 11.3 Å². The number of nitrogens with one attached hydrogen (secondary N) is 3. The molecule has 2 rings (SSSR count). The molecule has 1 atom stereocenters. The lowest BCUT2D eigenvalue weighted by atomic mass is 10.1. The van der Waals surface area contributed by atoms with Gasteiger partial charge in [0, 0.05) is 36.5 Å².